The molecule has 28 heavy (non-hydrogen) atoms. The summed E-state index contributed by atoms with van der Waals surface area (Å²) in [6.07, 6.45) is 8.02. The second-order valence-electron chi connectivity index (χ2n) is 8.35. The molecule has 5 heteroatoms. The number of amides is 2. The van der Waals surface area contributed by atoms with Crippen LogP contribution in [0, 0.1) is 5.41 Å². The van der Waals surface area contributed by atoms with Crippen LogP contribution in [0.3, 0.4) is 0 Å². The van der Waals surface area contributed by atoms with Crippen LogP contribution in [0.15, 0.2) is 42.0 Å². The first-order chi connectivity index (χ1) is 13.5. The topological polar surface area (TPSA) is 52.7 Å². The molecule has 0 unspecified atom stereocenters. The Bertz CT molecular complexity index is 704. The smallest absolute Gasteiger partial charge is 0.237 e. The van der Waals surface area contributed by atoms with Crippen molar-refractivity contribution in [3.05, 3.63) is 42.0 Å². The van der Waals surface area contributed by atoms with Gasteiger partial charge in [0.15, 0.2) is 0 Å². The molecule has 0 atom stereocenters. The minimum atomic E-state index is -1.03. The summed E-state index contributed by atoms with van der Waals surface area (Å²) in [5.41, 5.74) is 1.59. The normalized spacial score (nSPS) is 17.9. The Hall–Kier alpha value is -2.30. The summed E-state index contributed by atoms with van der Waals surface area (Å²) in [4.78, 5) is 29.8. The van der Waals surface area contributed by atoms with E-state index in [2.05, 4.69) is 28.4 Å². The summed E-state index contributed by atoms with van der Waals surface area (Å²) >= 11 is 0. The fraction of sp³-hybridized carbons (Fsp3) is 0.565. The van der Waals surface area contributed by atoms with Gasteiger partial charge in [0, 0.05) is 38.4 Å². The van der Waals surface area contributed by atoms with E-state index in [1.54, 1.807) is 13.8 Å². The lowest BCUT2D eigenvalue weighted by Gasteiger charge is -2.39. The van der Waals surface area contributed by atoms with E-state index < -0.39 is 5.41 Å². The van der Waals surface area contributed by atoms with Crippen molar-refractivity contribution in [1.29, 1.82) is 0 Å². The van der Waals surface area contributed by atoms with Gasteiger partial charge in [-0.1, -0.05) is 29.8 Å². The lowest BCUT2D eigenvalue weighted by Crippen LogP contribution is -2.55. The summed E-state index contributed by atoms with van der Waals surface area (Å²) in [5, 5.41) is 2.99. The number of hydrogen-bond acceptors (Lipinski definition) is 3. The number of allylic oxidation sites excluding steroid dienone is 1. The standard InChI is InChI=1S/C23H33N3O2/c1-23(2,21(27)24-14-13-19-9-5-3-6-10-19)22(28)26-17-15-25(16-18-26)20-11-7-4-8-12-20/h4,7-9,11-12H,3,5-6,10,13-18H2,1-2H3,(H,24,27). The van der Waals surface area contributed by atoms with Crippen molar-refractivity contribution in [1.82, 2.24) is 10.2 Å². The number of anilines is 1. The zero-order valence-corrected chi connectivity index (χ0v) is 17.2. The van der Waals surface area contributed by atoms with Crippen LogP contribution in [0.1, 0.15) is 46.0 Å². The second kappa shape index (κ2) is 9.26. The Morgan fingerprint density at radius 2 is 1.75 bits per heavy atom. The highest BCUT2D eigenvalue weighted by atomic mass is 16.2. The molecule has 0 saturated carbocycles. The molecule has 1 aromatic rings. The number of benzene rings is 1. The van der Waals surface area contributed by atoms with Crippen LogP contribution in [0.25, 0.3) is 0 Å². The molecule has 3 rings (SSSR count). The van der Waals surface area contributed by atoms with Crippen LogP contribution in [0.4, 0.5) is 5.69 Å². The molecule has 0 spiro atoms. The lowest BCUT2D eigenvalue weighted by atomic mass is 9.89. The summed E-state index contributed by atoms with van der Waals surface area (Å²) < 4.78 is 0. The van der Waals surface area contributed by atoms with Crippen molar-refractivity contribution in [2.75, 3.05) is 37.6 Å². The highest BCUT2D eigenvalue weighted by Crippen LogP contribution is 2.23. The molecular formula is C23H33N3O2. The predicted molar refractivity (Wildman–Crippen MR) is 113 cm³/mol. The molecular weight excluding hydrogens is 350 g/mol. The fourth-order valence-electron chi connectivity index (χ4n) is 3.99. The van der Waals surface area contributed by atoms with E-state index in [9.17, 15) is 9.59 Å². The summed E-state index contributed by atoms with van der Waals surface area (Å²) in [5.74, 6) is -0.242. The molecule has 5 nitrogen and oxygen atoms in total. The van der Waals surface area contributed by atoms with Gasteiger partial charge >= 0.3 is 0 Å². The van der Waals surface area contributed by atoms with Crippen LogP contribution < -0.4 is 10.2 Å². The quantitative estimate of drug-likeness (QED) is 0.605. The van der Waals surface area contributed by atoms with Gasteiger partial charge in [-0.25, -0.2) is 0 Å². The zero-order valence-electron chi connectivity index (χ0n) is 17.2. The van der Waals surface area contributed by atoms with Gasteiger partial charge in [0.05, 0.1) is 0 Å². The summed E-state index contributed by atoms with van der Waals surface area (Å²) in [7, 11) is 0. The third-order valence-electron chi connectivity index (χ3n) is 5.91. The van der Waals surface area contributed by atoms with Crippen molar-refractivity contribution in [2.45, 2.75) is 46.0 Å². The maximum atomic E-state index is 13.0. The van der Waals surface area contributed by atoms with E-state index in [-0.39, 0.29) is 11.8 Å². The van der Waals surface area contributed by atoms with Crippen molar-refractivity contribution in [2.24, 2.45) is 5.41 Å². The number of para-hydroxylation sites is 1. The van der Waals surface area contributed by atoms with E-state index >= 15 is 0 Å². The average Bonchev–Trinajstić information content (AvgIpc) is 2.74. The molecule has 0 radical (unpaired) electrons. The SMILES string of the molecule is CC(C)(C(=O)NCCC1=CCCCC1)C(=O)N1CCN(c2ccccc2)CC1. The maximum absolute atomic E-state index is 13.0. The molecule has 1 N–H and O–H groups in total. The molecule has 1 saturated heterocycles. The summed E-state index contributed by atoms with van der Waals surface area (Å²) in [6.45, 7) is 6.99. The molecule has 1 fully saturated rings. The third-order valence-corrected chi connectivity index (χ3v) is 5.91. The van der Waals surface area contributed by atoms with E-state index in [1.165, 1.54) is 24.1 Å². The number of nitrogens with zero attached hydrogens (tertiary/aromatic N) is 2. The van der Waals surface area contributed by atoms with E-state index in [4.69, 9.17) is 0 Å². The van der Waals surface area contributed by atoms with Crippen molar-refractivity contribution in [3.63, 3.8) is 0 Å². The molecule has 152 valence electrons. The Labute approximate surface area is 168 Å². The highest BCUT2D eigenvalue weighted by Gasteiger charge is 2.39. The predicted octanol–water partition coefficient (Wildman–Crippen LogP) is 3.37. The van der Waals surface area contributed by atoms with Crippen LogP contribution in [-0.2, 0) is 9.59 Å². The maximum Gasteiger partial charge on any atom is 0.237 e. The van der Waals surface area contributed by atoms with Gasteiger partial charge in [-0.05, 0) is 58.1 Å². The number of hydrogen-bond donors (Lipinski definition) is 1. The van der Waals surface area contributed by atoms with Crippen molar-refractivity contribution >= 4 is 17.5 Å². The Morgan fingerprint density at radius 3 is 2.39 bits per heavy atom. The minimum Gasteiger partial charge on any atom is -0.368 e. The second-order valence-corrected chi connectivity index (χ2v) is 8.35. The van der Waals surface area contributed by atoms with Crippen LogP contribution in [-0.4, -0.2) is 49.4 Å². The largest absolute Gasteiger partial charge is 0.368 e. The van der Waals surface area contributed by atoms with Crippen LogP contribution in [0.5, 0.6) is 0 Å². The molecule has 1 heterocycles. The van der Waals surface area contributed by atoms with Gasteiger partial charge in [-0.3, -0.25) is 9.59 Å². The number of carbonyl (C=O) groups is 2. The van der Waals surface area contributed by atoms with Crippen molar-refractivity contribution < 1.29 is 9.59 Å². The molecule has 0 aromatic heterocycles. The molecule has 2 aliphatic rings. The minimum absolute atomic E-state index is 0.0745. The number of rotatable bonds is 6. The van der Waals surface area contributed by atoms with E-state index in [1.807, 2.05) is 23.1 Å². The zero-order chi connectivity index (χ0) is 20.0. The van der Waals surface area contributed by atoms with E-state index in [0.29, 0.717) is 19.6 Å². The summed E-state index contributed by atoms with van der Waals surface area (Å²) in [6, 6.07) is 10.3. The van der Waals surface area contributed by atoms with Gasteiger partial charge in [0.2, 0.25) is 11.8 Å². The van der Waals surface area contributed by atoms with E-state index in [0.717, 1.165) is 32.4 Å². The van der Waals surface area contributed by atoms with Gasteiger partial charge in [0.1, 0.15) is 5.41 Å². The Balaban J connectivity index is 1.48. The van der Waals surface area contributed by atoms with Gasteiger partial charge in [0.25, 0.3) is 0 Å². The lowest BCUT2D eigenvalue weighted by molar-refractivity contribution is -0.148. The highest BCUT2D eigenvalue weighted by molar-refractivity contribution is 6.04. The van der Waals surface area contributed by atoms with Gasteiger partial charge in [-0.15, -0.1) is 0 Å². The number of nitrogens with one attached hydrogen (secondary N) is 1. The Kier molecular flexibility index (Phi) is 6.76. The molecule has 1 aliphatic carbocycles. The first-order valence-corrected chi connectivity index (χ1v) is 10.5. The number of carbonyl (C=O) groups excluding carboxylic acids is 2. The first-order valence-electron chi connectivity index (χ1n) is 10.5. The van der Waals surface area contributed by atoms with Gasteiger partial charge < -0.3 is 15.1 Å². The molecule has 2 amide bonds. The molecule has 1 aliphatic heterocycles. The Morgan fingerprint density at radius 1 is 1.04 bits per heavy atom. The third kappa shape index (κ3) is 4.94. The fourth-order valence-corrected chi connectivity index (χ4v) is 3.99. The molecule has 0 bridgehead atoms. The monoisotopic (exact) mass is 383 g/mol. The van der Waals surface area contributed by atoms with Crippen LogP contribution in [0.2, 0.25) is 0 Å². The van der Waals surface area contributed by atoms with Crippen molar-refractivity contribution in [3.8, 4) is 0 Å². The van der Waals surface area contributed by atoms with Gasteiger partial charge in [-0.2, -0.15) is 0 Å². The average molecular weight is 384 g/mol. The molecule has 1 aromatic carbocycles. The number of piperazine rings is 1. The first kappa shape index (κ1) is 20.4. The van der Waals surface area contributed by atoms with Crippen LogP contribution >= 0.6 is 0 Å².